The van der Waals surface area contributed by atoms with Gasteiger partial charge in [0.15, 0.2) is 0 Å². The van der Waals surface area contributed by atoms with Crippen LogP contribution in [0.2, 0.25) is 0 Å². The monoisotopic (exact) mass is 365 g/mol. The van der Waals surface area contributed by atoms with Crippen molar-refractivity contribution in [3.05, 3.63) is 53.3 Å². The fraction of sp³-hybridized carbons (Fsp3) is 0.381. The first-order valence-corrected chi connectivity index (χ1v) is 9.45. The molecule has 0 saturated heterocycles. The summed E-state index contributed by atoms with van der Waals surface area (Å²) in [4.78, 5) is 16.6. The van der Waals surface area contributed by atoms with E-state index in [1.54, 1.807) is 6.07 Å². The van der Waals surface area contributed by atoms with E-state index in [0.29, 0.717) is 23.9 Å². The summed E-state index contributed by atoms with van der Waals surface area (Å²) in [5.74, 6) is 0.695. The van der Waals surface area contributed by atoms with Gasteiger partial charge in [-0.1, -0.05) is 23.7 Å². The van der Waals surface area contributed by atoms with Crippen molar-refractivity contribution in [3.63, 3.8) is 0 Å². The summed E-state index contributed by atoms with van der Waals surface area (Å²) in [6, 6.07) is 9.69. The van der Waals surface area contributed by atoms with E-state index in [0.717, 1.165) is 35.2 Å². The van der Waals surface area contributed by atoms with Gasteiger partial charge in [-0.2, -0.15) is 0 Å². The number of rotatable bonds is 5. The maximum absolute atomic E-state index is 12.5. The molecule has 0 spiro atoms. The number of carbonyl (C=O) groups is 1. The van der Waals surface area contributed by atoms with Crippen LogP contribution < -0.4 is 10.1 Å². The summed E-state index contributed by atoms with van der Waals surface area (Å²) < 4.78 is 11.2. The Labute approximate surface area is 157 Å². The number of nitrogens with zero attached hydrogens (tertiary/aromatic N) is 2. The average molecular weight is 365 g/mol. The first-order valence-electron chi connectivity index (χ1n) is 9.45. The largest absolute Gasteiger partial charge is 0.490 e. The van der Waals surface area contributed by atoms with E-state index in [2.05, 4.69) is 15.5 Å². The van der Waals surface area contributed by atoms with E-state index in [4.69, 9.17) is 9.26 Å². The summed E-state index contributed by atoms with van der Waals surface area (Å²) in [5, 5.41) is 7.56. The molecule has 1 fully saturated rings. The average Bonchev–Trinajstić information content (AvgIpc) is 3.07. The molecule has 3 aromatic rings. The molecular weight excluding hydrogens is 342 g/mol. The molecule has 1 aliphatic carbocycles. The molecule has 140 valence electrons. The molecule has 6 nitrogen and oxygen atoms in total. The Morgan fingerprint density at radius 3 is 2.96 bits per heavy atom. The maximum atomic E-state index is 12.5. The number of pyridine rings is 1. The van der Waals surface area contributed by atoms with Crippen LogP contribution in [0, 0.1) is 6.92 Å². The lowest BCUT2D eigenvalue weighted by Gasteiger charge is -2.23. The highest BCUT2D eigenvalue weighted by molar-refractivity contribution is 5.96. The first-order chi connectivity index (χ1) is 13.2. The third kappa shape index (κ3) is 4.10. The molecule has 27 heavy (non-hydrogen) atoms. The van der Waals surface area contributed by atoms with Crippen molar-refractivity contribution in [2.75, 3.05) is 0 Å². The number of ether oxygens (including phenoxy) is 1. The Morgan fingerprint density at radius 1 is 1.26 bits per heavy atom. The molecular formula is C21H23N3O3. The van der Waals surface area contributed by atoms with E-state index in [9.17, 15) is 4.79 Å². The summed E-state index contributed by atoms with van der Waals surface area (Å²) in [5.41, 5.74) is 2.66. The second-order valence-electron chi connectivity index (χ2n) is 7.05. The molecule has 1 saturated carbocycles. The molecule has 1 aliphatic rings. The van der Waals surface area contributed by atoms with Crippen molar-refractivity contribution in [1.82, 2.24) is 15.5 Å². The molecule has 0 unspecified atom stereocenters. The highest BCUT2D eigenvalue weighted by atomic mass is 16.5. The molecule has 0 bridgehead atoms. The predicted molar refractivity (Wildman–Crippen MR) is 102 cm³/mol. The summed E-state index contributed by atoms with van der Waals surface area (Å²) in [7, 11) is 0. The van der Waals surface area contributed by atoms with E-state index in [1.165, 1.54) is 25.5 Å². The van der Waals surface area contributed by atoms with Crippen molar-refractivity contribution in [2.45, 2.75) is 51.7 Å². The van der Waals surface area contributed by atoms with E-state index < -0.39 is 0 Å². The normalized spacial score (nSPS) is 15.0. The number of benzene rings is 1. The second kappa shape index (κ2) is 7.78. The fourth-order valence-corrected chi connectivity index (χ4v) is 3.46. The topological polar surface area (TPSA) is 77.2 Å². The van der Waals surface area contributed by atoms with Crippen LogP contribution in [0.1, 0.15) is 53.7 Å². The van der Waals surface area contributed by atoms with Crippen molar-refractivity contribution in [1.29, 1.82) is 0 Å². The molecule has 1 aromatic carbocycles. The number of nitrogens with one attached hydrogen (secondary N) is 1. The smallest absolute Gasteiger partial charge is 0.257 e. The third-order valence-corrected chi connectivity index (χ3v) is 4.98. The van der Waals surface area contributed by atoms with Crippen LogP contribution in [-0.4, -0.2) is 22.2 Å². The summed E-state index contributed by atoms with van der Waals surface area (Å²) in [6.07, 6.45) is 7.85. The van der Waals surface area contributed by atoms with Gasteiger partial charge in [0.1, 0.15) is 5.75 Å². The minimum absolute atomic E-state index is 0.177. The number of hydrogen-bond acceptors (Lipinski definition) is 5. The highest BCUT2D eigenvalue weighted by Crippen LogP contribution is 2.24. The molecule has 1 N–H and O–H groups in total. The Kier molecular flexibility index (Phi) is 5.05. The Bertz CT molecular complexity index is 945. The van der Waals surface area contributed by atoms with Gasteiger partial charge in [-0.15, -0.1) is 0 Å². The molecule has 1 amide bonds. The van der Waals surface area contributed by atoms with Gasteiger partial charge >= 0.3 is 0 Å². The summed E-state index contributed by atoms with van der Waals surface area (Å²) in [6.45, 7) is 2.26. The molecule has 0 aliphatic heterocycles. The number of hydrogen-bond donors (Lipinski definition) is 1. The zero-order valence-corrected chi connectivity index (χ0v) is 15.4. The van der Waals surface area contributed by atoms with Crippen LogP contribution >= 0.6 is 0 Å². The molecule has 0 radical (unpaired) electrons. The first kappa shape index (κ1) is 17.5. The Hall–Kier alpha value is -2.89. The maximum Gasteiger partial charge on any atom is 0.257 e. The van der Waals surface area contributed by atoms with Gasteiger partial charge in [0.25, 0.3) is 11.6 Å². The molecule has 2 aromatic heterocycles. The van der Waals surface area contributed by atoms with Crippen LogP contribution in [0.25, 0.3) is 11.1 Å². The Morgan fingerprint density at radius 2 is 2.11 bits per heavy atom. The van der Waals surface area contributed by atoms with Crippen LogP contribution in [0.15, 0.2) is 41.1 Å². The number of amides is 1. The van der Waals surface area contributed by atoms with E-state index in [1.807, 2.05) is 31.2 Å². The SMILES string of the molecule is Cc1noc2ncc(C(=O)NCc3cccc(OC4CCCCC4)c3)cc12. The molecule has 6 heteroatoms. The lowest BCUT2D eigenvalue weighted by Crippen LogP contribution is -2.23. The number of aryl methyl sites for hydroxylation is 1. The van der Waals surface area contributed by atoms with Gasteiger partial charge in [0, 0.05) is 12.7 Å². The van der Waals surface area contributed by atoms with E-state index >= 15 is 0 Å². The number of carbonyl (C=O) groups excluding carboxylic acids is 1. The minimum Gasteiger partial charge on any atom is -0.490 e. The number of fused-ring (bicyclic) bond motifs is 1. The summed E-state index contributed by atoms with van der Waals surface area (Å²) >= 11 is 0. The van der Waals surface area contributed by atoms with Crippen molar-refractivity contribution in [3.8, 4) is 5.75 Å². The van der Waals surface area contributed by atoms with Gasteiger partial charge in [0.2, 0.25) is 0 Å². The van der Waals surface area contributed by atoms with Gasteiger partial charge in [-0.25, -0.2) is 4.98 Å². The zero-order valence-electron chi connectivity index (χ0n) is 15.4. The lowest BCUT2D eigenvalue weighted by molar-refractivity contribution is 0.0950. The van der Waals surface area contributed by atoms with Gasteiger partial charge < -0.3 is 14.6 Å². The van der Waals surface area contributed by atoms with Gasteiger partial charge in [-0.05, 0) is 56.4 Å². The fourth-order valence-electron chi connectivity index (χ4n) is 3.46. The van der Waals surface area contributed by atoms with Crippen LogP contribution in [0.4, 0.5) is 0 Å². The van der Waals surface area contributed by atoms with Crippen LogP contribution in [0.3, 0.4) is 0 Å². The lowest BCUT2D eigenvalue weighted by atomic mass is 9.98. The third-order valence-electron chi connectivity index (χ3n) is 4.98. The zero-order chi connectivity index (χ0) is 18.6. The Balaban J connectivity index is 1.39. The van der Waals surface area contributed by atoms with Crippen molar-refractivity contribution in [2.24, 2.45) is 0 Å². The second-order valence-corrected chi connectivity index (χ2v) is 7.05. The minimum atomic E-state index is -0.177. The van der Waals surface area contributed by atoms with Gasteiger partial charge in [0.05, 0.1) is 22.7 Å². The van der Waals surface area contributed by atoms with Crippen molar-refractivity contribution < 1.29 is 14.1 Å². The predicted octanol–water partition coefficient (Wildman–Crippen LogP) is 4.17. The molecule has 4 rings (SSSR count). The quantitative estimate of drug-likeness (QED) is 0.734. The van der Waals surface area contributed by atoms with Gasteiger partial charge in [-0.3, -0.25) is 4.79 Å². The van der Waals surface area contributed by atoms with Crippen LogP contribution in [0.5, 0.6) is 5.75 Å². The standard InChI is InChI=1S/C21H23N3O3/c1-14-19-11-16(13-23-21(19)27-24-14)20(25)22-12-15-6-5-9-18(10-15)26-17-7-3-2-4-8-17/h5-6,9-11,13,17H,2-4,7-8,12H2,1H3,(H,22,25). The number of aromatic nitrogens is 2. The van der Waals surface area contributed by atoms with Crippen LogP contribution in [-0.2, 0) is 6.54 Å². The van der Waals surface area contributed by atoms with Crippen molar-refractivity contribution >= 4 is 17.0 Å². The highest BCUT2D eigenvalue weighted by Gasteiger charge is 2.15. The molecule has 2 heterocycles. The van der Waals surface area contributed by atoms with E-state index in [-0.39, 0.29) is 5.91 Å². The molecule has 0 atom stereocenters.